The number of likely N-dealkylation sites (N-methyl/N-ethyl adjacent to an activating group) is 2. The van der Waals surface area contributed by atoms with E-state index in [1.807, 2.05) is 0 Å². The molecule has 1 aliphatic rings. The maximum Gasteiger partial charge on any atom is 0.276 e. The van der Waals surface area contributed by atoms with Gasteiger partial charge in [-0.05, 0) is 36.0 Å². The molecule has 0 spiro atoms. The van der Waals surface area contributed by atoms with E-state index in [2.05, 4.69) is 5.92 Å². The highest BCUT2D eigenvalue weighted by Gasteiger charge is 2.32. The van der Waals surface area contributed by atoms with E-state index in [4.69, 9.17) is 46.6 Å². The maximum absolute atomic E-state index is 12.1. The second-order valence-corrected chi connectivity index (χ2v) is 5.72. The molecule has 2 rings (SSSR count). The topological polar surface area (TPSA) is 32.8 Å². The number of terminal acetylenes is 1. The van der Waals surface area contributed by atoms with Crippen molar-refractivity contribution in [2.75, 3.05) is 20.7 Å². The Hall–Kier alpha value is -1.74. The summed E-state index contributed by atoms with van der Waals surface area (Å²) in [6, 6.07) is 3.30. The lowest BCUT2D eigenvalue weighted by atomic mass is 10.1. The van der Waals surface area contributed by atoms with Crippen molar-refractivity contribution in [2.24, 2.45) is 0 Å². The van der Waals surface area contributed by atoms with Crippen LogP contribution in [0.3, 0.4) is 0 Å². The average molecular weight is 355 g/mol. The third kappa shape index (κ3) is 3.05. The average Bonchev–Trinajstić information content (AvgIpc) is 2.64. The second kappa shape index (κ2) is 6.57. The molecule has 1 fully saturated rings. The lowest BCUT2D eigenvalue weighted by Gasteiger charge is -2.12. The van der Waals surface area contributed by atoms with Gasteiger partial charge in [-0.1, -0.05) is 29.1 Å². The fourth-order valence-electron chi connectivity index (χ4n) is 1.96. The molecular formula is C15H12Cl2N2O2S. The first-order valence-electron chi connectivity index (χ1n) is 6.19. The van der Waals surface area contributed by atoms with Crippen LogP contribution >= 0.6 is 35.4 Å². The lowest BCUT2D eigenvalue weighted by Crippen LogP contribution is -2.26. The number of amides is 1. The number of thiocarbonyl (C=S) groups is 1. The Bertz CT molecular complexity index is 702. The van der Waals surface area contributed by atoms with E-state index in [1.165, 1.54) is 4.90 Å². The van der Waals surface area contributed by atoms with Gasteiger partial charge in [0.15, 0.2) is 10.9 Å². The highest BCUT2D eigenvalue weighted by atomic mass is 35.5. The molecule has 1 aromatic rings. The first kappa shape index (κ1) is 16.6. The summed E-state index contributed by atoms with van der Waals surface area (Å²) in [6.07, 6.45) is 6.81. The SMILES string of the molecule is C#CCOc1c(Cl)cc(/C=C2\C(=O)N(C)C(=S)N2C)cc1Cl. The molecule has 0 radical (unpaired) electrons. The van der Waals surface area contributed by atoms with Crippen LogP contribution in [0.4, 0.5) is 0 Å². The molecule has 1 amide bonds. The summed E-state index contributed by atoms with van der Waals surface area (Å²) in [6.45, 7) is 0.0696. The highest BCUT2D eigenvalue weighted by molar-refractivity contribution is 7.80. The third-order valence-corrected chi connectivity index (χ3v) is 4.19. The van der Waals surface area contributed by atoms with Crippen LogP contribution in [0, 0.1) is 12.3 Å². The van der Waals surface area contributed by atoms with Crippen LogP contribution in [0.15, 0.2) is 17.8 Å². The standard InChI is InChI=1S/C15H12Cl2N2O2S/c1-4-5-21-13-10(16)6-9(7-11(13)17)8-12-14(20)19(3)15(22)18(12)2/h1,6-8H,5H2,2-3H3/b12-8+. The van der Waals surface area contributed by atoms with Crippen LogP contribution in [0.2, 0.25) is 10.0 Å². The molecule has 0 aliphatic carbocycles. The van der Waals surface area contributed by atoms with Crippen molar-refractivity contribution < 1.29 is 9.53 Å². The molecule has 22 heavy (non-hydrogen) atoms. The molecular weight excluding hydrogens is 343 g/mol. The van der Waals surface area contributed by atoms with Gasteiger partial charge in [-0.25, -0.2) is 0 Å². The molecule has 1 aliphatic heterocycles. The molecule has 0 saturated carbocycles. The number of nitrogens with zero attached hydrogens (tertiary/aromatic N) is 2. The van der Waals surface area contributed by atoms with E-state index in [0.717, 1.165) is 0 Å². The summed E-state index contributed by atoms with van der Waals surface area (Å²) in [5, 5.41) is 1.07. The molecule has 1 saturated heterocycles. The van der Waals surface area contributed by atoms with Crippen LogP contribution < -0.4 is 4.74 Å². The normalized spacial score (nSPS) is 16.4. The smallest absolute Gasteiger partial charge is 0.276 e. The molecule has 0 aromatic heterocycles. The number of halogens is 2. The Morgan fingerprint density at radius 2 is 1.91 bits per heavy atom. The van der Waals surface area contributed by atoms with Crippen molar-refractivity contribution in [1.82, 2.24) is 9.80 Å². The zero-order valence-corrected chi connectivity index (χ0v) is 14.2. The van der Waals surface area contributed by atoms with E-state index < -0.39 is 0 Å². The minimum atomic E-state index is -0.188. The van der Waals surface area contributed by atoms with E-state index in [1.54, 1.807) is 37.2 Å². The van der Waals surface area contributed by atoms with E-state index >= 15 is 0 Å². The van der Waals surface area contributed by atoms with Crippen molar-refractivity contribution in [3.63, 3.8) is 0 Å². The lowest BCUT2D eigenvalue weighted by molar-refractivity contribution is -0.121. The largest absolute Gasteiger partial charge is 0.478 e. The number of hydrogen-bond donors (Lipinski definition) is 0. The van der Waals surface area contributed by atoms with Crippen LogP contribution in [-0.4, -0.2) is 41.5 Å². The van der Waals surface area contributed by atoms with Gasteiger partial charge in [0.05, 0.1) is 10.0 Å². The minimum Gasteiger partial charge on any atom is -0.478 e. The monoisotopic (exact) mass is 354 g/mol. The maximum atomic E-state index is 12.1. The fraction of sp³-hybridized carbons (Fsp3) is 0.200. The van der Waals surface area contributed by atoms with Crippen molar-refractivity contribution >= 4 is 52.5 Å². The quantitative estimate of drug-likeness (QED) is 0.474. The molecule has 0 N–H and O–H groups in total. The summed E-state index contributed by atoms with van der Waals surface area (Å²) >= 11 is 17.4. The summed E-state index contributed by atoms with van der Waals surface area (Å²) in [5.41, 5.74) is 1.10. The molecule has 0 unspecified atom stereocenters. The van der Waals surface area contributed by atoms with Gasteiger partial charge in [-0.2, -0.15) is 0 Å². The Balaban J connectivity index is 2.39. The number of carbonyl (C=O) groups is 1. The number of hydrogen-bond acceptors (Lipinski definition) is 3. The predicted octanol–water partition coefficient (Wildman–Crippen LogP) is 3.04. The second-order valence-electron chi connectivity index (χ2n) is 4.54. The van der Waals surface area contributed by atoms with Crippen molar-refractivity contribution in [3.05, 3.63) is 33.4 Å². The third-order valence-electron chi connectivity index (χ3n) is 3.08. The van der Waals surface area contributed by atoms with Gasteiger partial charge < -0.3 is 9.64 Å². The number of benzene rings is 1. The first-order chi connectivity index (χ1) is 10.4. The highest BCUT2D eigenvalue weighted by Crippen LogP contribution is 2.35. The van der Waals surface area contributed by atoms with Crippen LogP contribution in [0.5, 0.6) is 5.75 Å². The van der Waals surface area contributed by atoms with E-state index in [9.17, 15) is 4.79 Å². The predicted molar refractivity (Wildman–Crippen MR) is 91.9 cm³/mol. The van der Waals surface area contributed by atoms with Crippen LogP contribution in [0.1, 0.15) is 5.56 Å². The Labute approximate surface area is 144 Å². The molecule has 0 atom stereocenters. The number of ether oxygens (including phenoxy) is 1. The molecule has 7 heteroatoms. The Morgan fingerprint density at radius 1 is 1.32 bits per heavy atom. The summed E-state index contributed by atoms with van der Waals surface area (Å²) in [7, 11) is 3.35. The van der Waals surface area contributed by atoms with Gasteiger partial charge in [-0.3, -0.25) is 9.69 Å². The molecule has 1 heterocycles. The van der Waals surface area contributed by atoms with Crippen molar-refractivity contribution in [1.29, 1.82) is 0 Å². The molecule has 1 aromatic carbocycles. The van der Waals surface area contributed by atoms with Crippen molar-refractivity contribution in [3.8, 4) is 18.1 Å². The zero-order chi connectivity index (χ0) is 16.4. The van der Waals surface area contributed by atoms with Gasteiger partial charge in [0, 0.05) is 14.1 Å². The Kier molecular flexibility index (Phi) is 4.97. The fourth-order valence-corrected chi connectivity index (χ4v) is 2.76. The molecule has 114 valence electrons. The van der Waals surface area contributed by atoms with Gasteiger partial charge >= 0.3 is 0 Å². The summed E-state index contributed by atoms with van der Waals surface area (Å²) < 4.78 is 5.29. The van der Waals surface area contributed by atoms with Crippen LogP contribution in [0.25, 0.3) is 6.08 Å². The summed E-state index contributed by atoms with van der Waals surface area (Å²) in [5.74, 6) is 2.48. The number of rotatable bonds is 3. The van der Waals surface area contributed by atoms with E-state index in [0.29, 0.717) is 32.2 Å². The van der Waals surface area contributed by atoms with Gasteiger partial charge in [-0.15, -0.1) is 6.42 Å². The molecule has 0 bridgehead atoms. The Morgan fingerprint density at radius 3 is 2.36 bits per heavy atom. The summed E-state index contributed by atoms with van der Waals surface area (Å²) in [4.78, 5) is 15.1. The van der Waals surface area contributed by atoms with E-state index in [-0.39, 0.29) is 12.5 Å². The van der Waals surface area contributed by atoms with Gasteiger partial charge in [0.2, 0.25) is 0 Å². The van der Waals surface area contributed by atoms with Gasteiger partial charge in [0.1, 0.15) is 12.3 Å². The van der Waals surface area contributed by atoms with Gasteiger partial charge in [0.25, 0.3) is 5.91 Å². The first-order valence-corrected chi connectivity index (χ1v) is 7.36. The minimum absolute atomic E-state index is 0.0696. The molecule has 4 nitrogen and oxygen atoms in total. The van der Waals surface area contributed by atoms with Crippen LogP contribution in [-0.2, 0) is 4.79 Å². The van der Waals surface area contributed by atoms with Crippen molar-refractivity contribution in [2.45, 2.75) is 0 Å². The number of carbonyl (C=O) groups excluding carboxylic acids is 1. The zero-order valence-electron chi connectivity index (χ0n) is 11.9.